The quantitative estimate of drug-likeness (QED) is 0.474. The first kappa shape index (κ1) is 16.4. The molecule has 0 unspecified atom stereocenters. The molecule has 0 bridgehead atoms. The Bertz CT molecular complexity index is 658. The van der Waals surface area contributed by atoms with E-state index in [0.29, 0.717) is 10.2 Å². The first-order valence-corrected chi connectivity index (χ1v) is 9.28. The summed E-state index contributed by atoms with van der Waals surface area (Å²) < 4.78 is 50.4. The van der Waals surface area contributed by atoms with E-state index in [2.05, 4.69) is 25.4 Å². The van der Waals surface area contributed by atoms with Gasteiger partial charge in [0.2, 0.25) is 20.0 Å². The highest BCUT2D eigenvalue weighted by Gasteiger charge is 2.17. The first-order valence-electron chi connectivity index (χ1n) is 5.11. The Balaban J connectivity index is 2.74. The van der Waals surface area contributed by atoms with Crippen LogP contribution in [0, 0.1) is 0 Å². The largest absolute Gasteiger partial charge is 0.399 e. The highest BCUT2D eigenvalue weighted by Crippen LogP contribution is 2.23. The van der Waals surface area contributed by atoms with E-state index in [4.69, 9.17) is 5.73 Å². The van der Waals surface area contributed by atoms with Crippen LogP contribution >= 0.6 is 15.9 Å². The number of sulfonamides is 2. The summed E-state index contributed by atoms with van der Waals surface area (Å²) in [6.45, 7) is -0.0887. The second-order valence-corrected chi connectivity index (χ2v) is 8.18. The molecule has 108 valence electrons. The zero-order valence-corrected chi connectivity index (χ0v) is 13.3. The molecule has 0 saturated heterocycles. The molecule has 1 rings (SSSR count). The van der Waals surface area contributed by atoms with Crippen molar-refractivity contribution in [1.29, 1.82) is 0 Å². The van der Waals surface area contributed by atoms with Crippen molar-refractivity contribution >= 4 is 41.7 Å². The van der Waals surface area contributed by atoms with Gasteiger partial charge in [-0.05, 0) is 34.1 Å². The van der Waals surface area contributed by atoms with Gasteiger partial charge in [0.1, 0.15) is 0 Å². The van der Waals surface area contributed by atoms with Crippen LogP contribution in [-0.2, 0) is 20.0 Å². The zero-order valence-electron chi connectivity index (χ0n) is 10.1. The van der Waals surface area contributed by atoms with E-state index < -0.39 is 20.0 Å². The molecular formula is C9H14BrN3O4S2. The van der Waals surface area contributed by atoms with Crippen molar-refractivity contribution in [3.05, 3.63) is 22.7 Å². The maximum atomic E-state index is 12.0. The fourth-order valence-electron chi connectivity index (χ4n) is 1.23. The molecule has 1 aromatic carbocycles. The standard InChI is InChI=1S/C9H14BrN3O4S2/c1-18(14,15)12-4-5-13-19(16,17)9-6-7(11)2-3-8(9)10/h2-3,6,12-13H,4-5,11H2,1H3. The Morgan fingerprint density at radius 1 is 1.16 bits per heavy atom. The molecule has 4 N–H and O–H groups in total. The third-order valence-corrected chi connectivity index (χ3v) is 5.21. The Morgan fingerprint density at radius 3 is 2.32 bits per heavy atom. The number of rotatable bonds is 6. The fourth-order valence-corrected chi connectivity index (χ4v) is 3.73. The Labute approximate surface area is 120 Å². The minimum atomic E-state index is -3.74. The van der Waals surface area contributed by atoms with Crippen molar-refractivity contribution in [3.63, 3.8) is 0 Å². The van der Waals surface area contributed by atoms with Gasteiger partial charge in [-0.15, -0.1) is 0 Å². The molecule has 0 heterocycles. The molecule has 7 nitrogen and oxygen atoms in total. The molecule has 19 heavy (non-hydrogen) atoms. The molecule has 0 saturated carbocycles. The van der Waals surface area contributed by atoms with Crippen molar-refractivity contribution in [2.45, 2.75) is 4.90 Å². The third kappa shape index (κ3) is 5.45. The van der Waals surface area contributed by atoms with Gasteiger partial charge in [0.15, 0.2) is 0 Å². The molecule has 10 heteroatoms. The molecule has 0 radical (unpaired) electrons. The number of benzene rings is 1. The molecule has 0 fully saturated rings. The maximum Gasteiger partial charge on any atom is 0.241 e. The van der Waals surface area contributed by atoms with Gasteiger partial charge in [-0.1, -0.05) is 0 Å². The molecule has 0 aliphatic carbocycles. The summed E-state index contributed by atoms with van der Waals surface area (Å²) in [6.07, 6.45) is 0.996. The highest BCUT2D eigenvalue weighted by atomic mass is 79.9. The lowest BCUT2D eigenvalue weighted by Gasteiger charge is -2.09. The van der Waals surface area contributed by atoms with Crippen LogP contribution in [0.1, 0.15) is 0 Å². The van der Waals surface area contributed by atoms with E-state index in [1.165, 1.54) is 12.1 Å². The summed E-state index contributed by atoms with van der Waals surface area (Å²) >= 11 is 3.12. The lowest BCUT2D eigenvalue weighted by atomic mass is 10.3. The normalized spacial score (nSPS) is 12.5. The van der Waals surface area contributed by atoms with E-state index >= 15 is 0 Å². The van der Waals surface area contributed by atoms with Gasteiger partial charge in [-0.25, -0.2) is 26.3 Å². The van der Waals surface area contributed by atoms with Crippen molar-refractivity contribution in [2.24, 2.45) is 0 Å². The minimum absolute atomic E-state index is 0.00635. The summed E-state index contributed by atoms with van der Waals surface area (Å²) in [7, 11) is -7.08. The van der Waals surface area contributed by atoms with Crippen LogP contribution in [0.25, 0.3) is 0 Å². The van der Waals surface area contributed by atoms with Gasteiger partial charge < -0.3 is 5.73 Å². The smallest absolute Gasteiger partial charge is 0.241 e. The summed E-state index contributed by atoms with van der Waals surface area (Å²) in [6, 6.07) is 4.41. The summed E-state index contributed by atoms with van der Waals surface area (Å²) in [5.74, 6) is 0. The van der Waals surface area contributed by atoms with Crippen LogP contribution in [0.2, 0.25) is 0 Å². The molecule has 1 aromatic rings. The molecule has 0 atom stereocenters. The molecule has 0 amide bonds. The Morgan fingerprint density at radius 2 is 1.74 bits per heavy atom. The van der Waals surface area contributed by atoms with Gasteiger partial charge in [0.05, 0.1) is 11.2 Å². The molecular weight excluding hydrogens is 358 g/mol. The topological polar surface area (TPSA) is 118 Å². The molecule has 0 aromatic heterocycles. The van der Waals surface area contributed by atoms with Gasteiger partial charge in [0.25, 0.3) is 0 Å². The Hall–Kier alpha value is -0.680. The van der Waals surface area contributed by atoms with Crippen molar-refractivity contribution in [3.8, 4) is 0 Å². The summed E-state index contributed by atoms with van der Waals surface area (Å²) in [5, 5.41) is 0. The van der Waals surface area contributed by atoms with Gasteiger partial charge in [-0.3, -0.25) is 0 Å². The number of nitrogen functional groups attached to an aromatic ring is 1. The number of hydrogen-bond donors (Lipinski definition) is 3. The van der Waals surface area contributed by atoms with Crippen LogP contribution < -0.4 is 15.2 Å². The summed E-state index contributed by atoms with van der Waals surface area (Å²) in [5.41, 5.74) is 5.85. The molecule has 0 aliphatic rings. The average Bonchev–Trinajstić information content (AvgIpc) is 2.26. The van der Waals surface area contributed by atoms with Crippen LogP contribution in [-0.4, -0.2) is 36.2 Å². The monoisotopic (exact) mass is 371 g/mol. The second kappa shape index (κ2) is 6.18. The number of nitrogens with one attached hydrogen (secondary N) is 2. The lowest BCUT2D eigenvalue weighted by molar-refractivity contribution is 0.573. The van der Waals surface area contributed by atoms with Crippen LogP contribution in [0.3, 0.4) is 0 Å². The van der Waals surface area contributed by atoms with Crippen LogP contribution in [0.4, 0.5) is 5.69 Å². The highest BCUT2D eigenvalue weighted by molar-refractivity contribution is 9.10. The minimum Gasteiger partial charge on any atom is -0.399 e. The number of anilines is 1. The third-order valence-electron chi connectivity index (χ3n) is 2.03. The first-order chi connectivity index (χ1) is 8.62. The van der Waals surface area contributed by atoms with Gasteiger partial charge in [0, 0.05) is 23.2 Å². The Kier molecular flexibility index (Phi) is 5.33. The predicted molar refractivity (Wildman–Crippen MR) is 76.6 cm³/mol. The summed E-state index contributed by atoms with van der Waals surface area (Å²) in [4.78, 5) is 0.00635. The van der Waals surface area contributed by atoms with Crippen molar-refractivity contribution in [1.82, 2.24) is 9.44 Å². The zero-order chi connectivity index (χ0) is 14.7. The van der Waals surface area contributed by atoms with E-state index in [1.54, 1.807) is 6.07 Å². The number of hydrogen-bond acceptors (Lipinski definition) is 5. The van der Waals surface area contributed by atoms with Crippen molar-refractivity contribution < 1.29 is 16.8 Å². The molecule has 0 spiro atoms. The van der Waals surface area contributed by atoms with E-state index in [0.717, 1.165) is 6.26 Å². The fraction of sp³-hybridized carbons (Fsp3) is 0.333. The lowest BCUT2D eigenvalue weighted by Crippen LogP contribution is -2.34. The predicted octanol–water partition coefficient (Wildman–Crippen LogP) is -0.141. The van der Waals surface area contributed by atoms with Gasteiger partial charge >= 0.3 is 0 Å². The number of halogens is 1. The maximum absolute atomic E-state index is 12.0. The van der Waals surface area contributed by atoms with Crippen LogP contribution in [0.5, 0.6) is 0 Å². The van der Waals surface area contributed by atoms with Crippen molar-refractivity contribution in [2.75, 3.05) is 25.1 Å². The van der Waals surface area contributed by atoms with E-state index in [1.807, 2.05) is 0 Å². The van der Waals surface area contributed by atoms with Gasteiger partial charge in [-0.2, -0.15) is 0 Å². The SMILES string of the molecule is CS(=O)(=O)NCCNS(=O)(=O)c1cc(N)ccc1Br. The molecule has 0 aliphatic heterocycles. The van der Waals surface area contributed by atoms with Crippen LogP contribution in [0.15, 0.2) is 27.6 Å². The van der Waals surface area contributed by atoms with E-state index in [9.17, 15) is 16.8 Å². The number of nitrogens with two attached hydrogens (primary N) is 1. The average molecular weight is 372 g/mol. The van der Waals surface area contributed by atoms with E-state index in [-0.39, 0.29) is 18.0 Å². The second-order valence-electron chi connectivity index (χ2n) is 3.75.